The number of rotatable bonds is 4. The van der Waals surface area contributed by atoms with E-state index < -0.39 is 0 Å². The van der Waals surface area contributed by atoms with Crippen LogP contribution in [0.2, 0.25) is 0 Å². The van der Waals surface area contributed by atoms with Crippen LogP contribution < -0.4 is 5.73 Å². The van der Waals surface area contributed by atoms with Crippen LogP contribution in [0.1, 0.15) is 17.0 Å². The summed E-state index contributed by atoms with van der Waals surface area (Å²) in [5.41, 5.74) is 8.51. The lowest BCUT2D eigenvalue weighted by atomic mass is 10.1. The number of imidazole rings is 1. The number of para-hydroxylation sites is 1. The van der Waals surface area contributed by atoms with Gasteiger partial charge in [0.05, 0.1) is 6.54 Å². The zero-order valence-electron chi connectivity index (χ0n) is 11.6. The van der Waals surface area contributed by atoms with Crippen LogP contribution in [0.3, 0.4) is 0 Å². The first-order valence-electron chi connectivity index (χ1n) is 6.83. The minimum atomic E-state index is 0.310. The molecular formula is C17H17N3O. The molecule has 1 heterocycles. The number of anilines is 1. The SMILES string of the molecule is Nc1ccc(Cc2nccn2Cc2ccccc2O)cc1. The van der Waals surface area contributed by atoms with Crippen molar-refractivity contribution in [3.63, 3.8) is 0 Å². The van der Waals surface area contributed by atoms with Crippen LogP contribution in [0, 0.1) is 0 Å². The summed E-state index contributed by atoms with van der Waals surface area (Å²) in [5, 5.41) is 9.87. The second kappa shape index (κ2) is 5.71. The van der Waals surface area contributed by atoms with Gasteiger partial charge in [0.2, 0.25) is 0 Å². The molecule has 0 fully saturated rings. The van der Waals surface area contributed by atoms with Crippen LogP contribution in [0.15, 0.2) is 60.9 Å². The number of hydrogen-bond donors (Lipinski definition) is 2. The molecule has 2 aromatic carbocycles. The van der Waals surface area contributed by atoms with Gasteiger partial charge in [-0.2, -0.15) is 0 Å². The number of nitrogens with zero attached hydrogens (tertiary/aromatic N) is 2. The number of benzene rings is 2. The van der Waals surface area contributed by atoms with Crippen LogP contribution in [0.4, 0.5) is 5.69 Å². The Bertz CT molecular complexity index is 732. The molecule has 4 heteroatoms. The Morgan fingerprint density at radius 1 is 1.05 bits per heavy atom. The lowest BCUT2D eigenvalue weighted by Gasteiger charge is -2.09. The summed E-state index contributed by atoms with van der Waals surface area (Å²) in [6.45, 7) is 0.608. The summed E-state index contributed by atoms with van der Waals surface area (Å²) < 4.78 is 2.05. The highest BCUT2D eigenvalue weighted by molar-refractivity contribution is 5.40. The summed E-state index contributed by atoms with van der Waals surface area (Å²) in [6, 6.07) is 15.2. The van der Waals surface area contributed by atoms with Crippen LogP contribution in [0.5, 0.6) is 5.75 Å². The lowest BCUT2D eigenvalue weighted by molar-refractivity contribution is 0.465. The molecule has 3 aromatic rings. The number of aromatic hydroxyl groups is 1. The summed E-state index contributed by atoms with van der Waals surface area (Å²) in [5.74, 6) is 1.27. The molecule has 0 aliphatic heterocycles. The number of phenols is 1. The van der Waals surface area contributed by atoms with Gasteiger partial charge in [-0.15, -0.1) is 0 Å². The highest BCUT2D eigenvalue weighted by atomic mass is 16.3. The first-order valence-corrected chi connectivity index (χ1v) is 6.83. The molecule has 0 aliphatic carbocycles. The third-order valence-electron chi connectivity index (χ3n) is 3.48. The minimum absolute atomic E-state index is 0.310. The van der Waals surface area contributed by atoms with Gasteiger partial charge in [0, 0.05) is 30.1 Å². The average Bonchev–Trinajstić information content (AvgIpc) is 2.91. The molecule has 4 nitrogen and oxygen atoms in total. The Balaban J connectivity index is 1.81. The Morgan fingerprint density at radius 3 is 2.57 bits per heavy atom. The molecule has 1 aromatic heterocycles. The maximum atomic E-state index is 9.87. The van der Waals surface area contributed by atoms with Crippen molar-refractivity contribution in [3.8, 4) is 5.75 Å². The highest BCUT2D eigenvalue weighted by Crippen LogP contribution is 2.18. The van der Waals surface area contributed by atoms with Crippen molar-refractivity contribution < 1.29 is 5.11 Å². The van der Waals surface area contributed by atoms with E-state index in [0.29, 0.717) is 12.3 Å². The topological polar surface area (TPSA) is 64.1 Å². The minimum Gasteiger partial charge on any atom is -0.508 e. The second-order valence-electron chi connectivity index (χ2n) is 5.02. The zero-order valence-corrected chi connectivity index (χ0v) is 11.6. The number of hydrogen-bond acceptors (Lipinski definition) is 3. The molecule has 106 valence electrons. The molecule has 0 spiro atoms. The largest absolute Gasteiger partial charge is 0.508 e. The molecular weight excluding hydrogens is 262 g/mol. The maximum Gasteiger partial charge on any atom is 0.120 e. The number of nitrogens with two attached hydrogens (primary N) is 1. The van der Waals surface area contributed by atoms with Crippen molar-refractivity contribution in [1.29, 1.82) is 0 Å². The normalized spacial score (nSPS) is 10.7. The van der Waals surface area contributed by atoms with Gasteiger partial charge < -0.3 is 15.4 Å². The molecule has 0 unspecified atom stereocenters. The van der Waals surface area contributed by atoms with Crippen molar-refractivity contribution in [3.05, 3.63) is 77.9 Å². The third kappa shape index (κ3) is 3.05. The van der Waals surface area contributed by atoms with E-state index in [9.17, 15) is 5.11 Å². The fourth-order valence-corrected chi connectivity index (χ4v) is 2.30. The molecule has 0 saturated heterocycles. The van der Waals surface area contributed by atoms with E-state index in [2.05, 4.69) is 4.98 Å². The molecule has 3 N–H and O–H groups in total. The summed E-state index contributed by atoms with van der Waals surface area (Å²) in [4.78, 5) is 4.41. The molecule has 0 saturated carbocycles. The molecule has 0 aliphatic rings. The van der Waals surface area contributed by atoms with Crippen LogP contribution in [0.25, 0.3) is 0 Å². The fraction of sp³-hybridized carbons (Fsp3) is 0.118. The van der Waals surface area contributed by atoms with E-state index in [4.69, 9.17) is 5.73 Å². The van der Waals surface area contributed by atoms with E-state index >= 15 is 0 Å². The van der Waals surface area contributed by atoms with Gasteiger partial charge in [0.25, 0.3) is 0 Å². The van der Waals surface area contributed by atoms with Crippen molar-refractivity contribution in [2.24, 2.45) is 0 Å². The highest BCUT2D eigenvalue weighted by Gasteiger charge is 2.07. The Kier molecular flexibility index (Phi) is 3.60. The smallest absolute Gasteiger partial charge is 0.120 e. The van der Waals surface area contributed by atoms with E-state index in [0.717, 1.165) is 29.1 Å². The van der Waals surface area contributed by atoms with Crippen LogP contribution in [-0.2, 0) is 13.0 Å². The average molecular weight is 279 g/mol. The van der Waals surface area contributed by atoms with Crippen molar-refractivity contribution in [1.82, 2.24) is 9.55 Å². The number of phenolic OH excluding ortho intramolecular Hbond substituents is 1. The first-order chi connectivity index (χ1) is 10.2. The zero-order chi connectivity index (χ0) is 14.7. The van der Waals surface area contributed by atoms with E-state index in [1.807, 2.05) is 53.2 Å². The van der Waals surface area contributed by atoms with Crippen LogP contribution >= 0.6 is 0 Å². The van der Waals surface area contributed by atoms with Gasteiger partial charge in [-0.3, -0.25) is 0 Å². The maximum absolute atomic E-state index is 9.87. The van der Waals surface area contributed by atoms with E-state index in [1.165, 1.54) is 0 Å². The predicted molar refractivity (Wildman–Crippen MR) is 83.1 cm³/mol. The van der Waals surface area contributed by atoms with E-state index in [1.54, 1.807) is 12.3 Å². The summed E-state index contributed by atoms with van der Waals surface area (Å²) in [6.07, 6.45) is 4.45. The van der Waals surface area contributed by atoms with Crippen LogP contribution in [-0.4, -0.2) is 14.7 Å². The Morgan fingerprint density at radius 2 is 1.81 bits per heavy atom. The molecule has 0 atom stereocenters. The van der Waals surface area contributed by atoms with Gasteiger partial charge >= 0.3 is 0 Å². The van der Waals surface area contributed by atoms with Crippen molar-refractivity contribution in [2.45, 2.75) is 13.0 Å². The Labute approximate surface area is 123 Å². The van der Waals surface area contributed by atoms with Gasteiger partial charge in [0.1, 0.15) is 11.6 Å². The third-order valence-corrected chi connectivity index (χ3v) is 3.48. The summed E-state index contributed by atoms with van der Waals surface area (Å²) in [7, 11) is 0. The van der Waals surface area contributed by atoms with Gasteiger partial charge in [0.15, 0.2) is 0 Å². The number of aromatic nitrogens is 2. The summed E-state index contributed by atoms with van der Waals surface area (Å²) >= 11 is 0. The molecule has 0 radical (unpaired) electrons. The van der Waals surface area contributed by atoms with Gasteiger partial charge in [-0.05, 0) is 23.8 Å². The van der Waals surface area contributed by atoms with Gasteiger partial charge in [-0.1, -0.05) is 30.3 Å². The molecule has 0 amide bonds. The molecule has 21 heavy (non-hydrogen) atoms. The monoisotopic (exact) mass is 279 g/mol. The quantitative estimate of drug-likeness (QED) is 0.722. The lowest BCUT2D eigenvalue weighted by Crippen LogP contribution is -2.05. The predicted octanol–water partition coefficient (Wildman–Crippen LogP) is 2.81. The second-order valence-corrected chi connectivity index (χ2v) is 5.02. The standard InChI is InChI=1S/C17H17N3O/c18-15-7-5-13(6-8-15)11-17-19-9-10-20(17)12-14-3-1-2-4-16(14)21/h1-10,21H,11-12,18H2. The Hall–Kier alpha value is -2.75. The molecule has 3 rings (SSSR count). The fourth-order valence-electron chi connectivity index (χ4n) is 2.30. The molecule has 0 bridgehead atoms. The van der Waals surface area contributed by atoms with Gasteiger partial charge in [-0.25, -0.2) is 4.98 Å². The van der Waals surface area contributed by atoms with Crippen molar-refractivity contribution >= 4 is 5.69 Å². The number of nitrogen functional groups attached to an aromatic ring is 1. The van der Waals surface area contributed by atoms with E-state index in [-0.39, 0.29) is 0 Å². The first kappa shape index (κ1) is 13.2. The van der Waals surface area contributed by atoms with Crippen molar-refractivity contribution in [2.75, 3.05) is 5.73 Å².